The quantitative estimate of drug-likeness (QED) is 0.428. The zero-order chi connectivity index (χ0) is 19.4. The van der Waals surface area contributed by atoms with Crippen molar-refractivity contribution in [3.05, 3.63) is 65.2 Å². The number of nitrogens with zero attached hydrogens (tertiary/aromatic N) is 1. The predicted octanol–water partition coefficient (Wildman–Crippen LogP) is 4.73. The Morgan fingerprint density at radius 3 is 2.68 bits per heavy atom. The fraction of sp³-hybridized carbons (Fsp3) is 0.458. The van der Waals surface area contributed by atoms with E-state index in [0.29, 0.717) is 6.61 Å². The lowest BCUT2D eigenvalue weighted by atomic mass is 9.80. The summed E-state index contributed by atoms with van der Waals surface area (Å²) in [4.78, 5) is 14.4. The highest BCUT2D eigenvalue weighted by Crippen LogP contribution is 2.69. The van der Waals surface area contributed by atoms with Crippen LogP contribution in [0.3, 0.4) is 0 Å². The first-order valence-electron chi connectivity index (χ1n) is 10.5. The van der Waals surface area contributed by atoms with E-state index in [1.807, 2.05) is 18.7 Å². The van der Waals surface area contributed by atoms with Gasteiger partial charge in [0, 0.05) is 21.8 Å². The Balaban J connectivity index is 1.77. The van der Waals surface area contributed by atoms with Crippen LogP contribution < -0.4 is 0 Å². The van der Waals surface area contributed by atoms with Crippen LogP contribution in [0.2, 0.25) is 0 Å². The van der Waals surface area contributed by atoms with Crippen LogP contribution in [-0.2, 0) is 20.8 Å². The van der Waals surface area contributed by atoms with Gasteiger partial charge in [0.25, 0.3) is 0 Å². The van der Waals surface area contributed by atoms with Gasteiger partial charge in [-0.2, -0.15) is 0 Å². The number of carbonyl (C=O) groups excluding carboxylic acids is 1. The zero-order valence-corrected chi connectivity index (χ0v) is 17.5. The molecule has 28 heavy (non-hydrogen) atoms. The molecular formula is C24H28NO2S+. The number of likely N-dealkylation sites (N-methyl/N-ethyl adjacent to an activating group) is 1. The average Bonchev–Trinajstić information content (AvgIpc) is 3.40. The van der Waals surface area contributed by atoms with Crippen molar-refractivity contribution < 1.29 is 14.0 Å². The Morgan fingerprint density at radius 1 is 1.14 bits per heavy atom. The Kier molecular flexibility index (Phi) is 4.33. The second-order valence-corrected chi connectivity index (χ2v) is 9.25. The molecule has 0 N–H and O–H groups in total. The molecule has 0 amide bonds. The first kappa shape index (κ1) is 18.3. The van der Waals surface area contributed by atoms with Gasteiger partial charge in [-0.1, -0.05) is 42.5 Å². The van der Waals surface area contributed by atoms with E-state index in [1.54, 1.807) is 0 Å². The predicted molar refractivity (Wildman–Crippen MR) is 112 cm³/mol. The molecule has 0 saturated carbocycles. The van der Waals surface area contributed by atoms with E-state index in [2.05, 4.69) is 55.5 Å². The second-order valence-electron chi connectivity index (χ2n) is 8.23. The van der Waals surface area contributed by atoms with Gasteiger partial charge in [0.05, 0.1) is 19.7 Å². The molecule has 4 atom stereocenters. The highest BCUT2D eigenvalue weighted by Gasteiger charge is 2.84. The molecule has 4 heteroatoms. The Hall–Kier alpha value is -1.78. The molecule has 146 valence electrons. The number of esters is 1. The molecular weight excluding hydrogens is 366 g/mol. The summed E-state index contributed by atoms with van der Waals surface area (Å²) in [6, 6.07) is 18.1. The van der Waals surface area contributed by atoms with Crippen LogP contribution in [0.5, 0.6) is 0 Å². The van der Waals surface area contributed by atoms with Gasteiger partial charge in [-0.15, -0.1) is 11.8 Å². The number of hydrogen-bond donors (Lipinski definition) is 0. The van der Waals surface area contributed by atoms with Crippen LogP contribution in [0.15, 0.2) is 53.4 Å². The van der Waals surface area contributed by atoms with Gasteiger partial charge < -0.3 is 4.74 Å². The van der Waals surface area contributed by atoms with Crippen molar-refractivity contribution in [2.75, 3.05) is 19.7 Å². The minimum absolute atomic E-state index is 0.00638. The number of rotatable bonds is 3. The highest BCUT2D eigenvalue weighted by atomic mass is 32.2. The van der Waals surface area contributed by atoms with Crippen LogP contribution >= 0.6 is 11.8 Å². The summed E-state index contributed by atoms with van der Waals surface area (Å²) in [5, 5.41) is 0. The third-order valence-corrected chi connectivity index (χ3v) is 8.43. The summed E-state index contributed by atoms with van der Waals surface area (Å²) >= 11 is 1.94. The molecule has 3 aliphatic rings. The van der Waals surface area contributed by atoms with Crippen LogP contribution in [0.1, 0.15) is 43.4 Å². The van der Waals surface area contributed by atoms with E-state index < -0.39 is 0 Å². The molecule has 2 aromatic carbocycles. The SMILES string of the molecule is CCOC(=O)C1CCC[N+]2(CC)C1[C@]21c2ccccc2CSc2ccccc21. The molecule has 0 aliphatic carbocycles. The van der Waals surface area contributed by atoms with Crippen LogP contribution in [0.25, 0.3) is 0 Å². The lowest BCUT2D eigenvalue weighted by Crippen LogP contribution is -2.41. The summed E-state index contributed by atoms with van der Waals surface area (Å²) < 4.78 is 6.56. The zero-order valence-electron chi connectivity index (χ0n) is 16.7. The van der Waals surface area contributed by atoms with Crippen molar-refractivity contribution >= 4 is 17.7 Å². The van der Waals surface area contributed by atoms with Crippen LogP contribution in [-0.4, -0.2) is 36.2 Å². The minimum Gasteiger partial charge on any atom is -0.466 e. The van der Waals surface area contributed by atoms with Crippen LogP contribution in [0.4, 0.5) is 0 Å². The smallest absolute Gasteiger partial charge is 0.315 e. The van der Waals surface area contributed by atoms with E-state index in [1.165, 1.54) is 21.6 Å². The lowest BCUT2D eigenvalue weighted by Gasteiger charge is -2.30. The van der Waals surface area contributed by atoms with Crippen molar-refractivity contribution in [2.45, 2.75) is 48.9 Å². The van der Waals surface area contributed by atoms with Gasteiger partial charge in [-0.3, -0.25) is 9.28 Å². The Morgan fingerprint density at radius 2 is 1.89 bits per heavy atom. The lowest BCUT2D eigenvalue weighted by molar-refractivity contribution is -0.846. The standard InChI is InChI=1S/C24H28NO2S/c1-3-25-15-9-11-18(23(26)27-4-2)22(25)24(25)19-12-6-5-10-17(19)16-28-21-14-8-7-13-20(21)24/h5-8,10,12-14,18,22H,3-4,9,11,15-16H2,1-2H3/q+1/t18?,22?,24-,25?/m1/s1. The molecule has 2 saturated heterocycles. The molecule has 1 spiro atoms. The molecule has 3 heterocycles. The van der Waals surface area contributed by atoms with Gasteiger partial charge >= 0.3 is 5.97 Å². The maximum Gasteiger partial charge on any atom is 0.315 e. The first-order valence-corrected chi connectivity index (χ1v) is 11.5. The summed E-state index contributed by atoms with van der Waals surface area (Å²) in [6.07, 6.45) is 2.04. The highest BCUT2D eigenvalue weighted by molar-refractivity contribution is 7.98. The largest absolute Gasteiger partial charge is 0.466 e. The second kappa shape index (κ2) is 6.64. The molecule has 0 aromatic heterocycles. The van der Waals surface area contributed by atoms with Crippen molar-refractivity contribution in [1.82, 2.24) is 0 Å². The van der Waals surface area contributed by atoms with E-state index in [-0.39, 0.29) is 23.5 Å². The van der Waals surface area contributed by atoms with Crippen molar-refractivity contribution in [3.63, 3.8) is 0 Å². The number of carbonyl (C=O) groups is 1. The van der Waals surface area contributed by atoms with E-state index in [4.69, 9.17) is 4.74 Å². The van der Waals surface area contributed by atoms with Crippen molar-refractivity contribution in [1.29, 1.82) is 0 Å². The van der Waals surface area contributed by atoms with E-state index in [0.717, 1.165) is 36.2 Å². The van der Waals surface area contributed by atoms with Crippen molar-refractivity contribution in [2.24, 2.45) is 5.92 Å². The molecule has 2 fully saturated rings. The number of piperidine rings is 1. The Bertz CT molecular complexity index is 879. The van der Waals surface area contributed by atoms with Gasteiger partial charge in [0.2, 0.25) is 5.54 Å². The summed E-state index contributed by atoms with van der Waals surface area (Å²) in [7, 11) is 0. The third-order valence-electron chi connectivity index (χ3n) is 7.31. The fourth-order valence-corrected chi connectivity index (χ4v) is 7.50. The maximum atomic E-state index is 13.0. The molecule has 5 rings (SSSR count). The number of benzene rings is 2. The molecule has 3 aliphatic heterocycles. The normalized spacial score (nSPS) is 32.6. The number of thioether (sulfide) groups is 1. The van der Waals surface area contributed by atoms with E-state index in [9.17, 15) is 4.79 Å². The molecule has 3 nitrogen and oxygen atoms in total. The monoisotopic (exact) mass is 394 g/mol. The molecule has 2 aromatic rings. The number of ether oxygens (including phenoxy) is 1. The molecule has 0 bridgehead atoms. The van der Waals surface area contributed by atoms with Gasteiger partial charge in [0.15, 0.2) is 6.04 Å². The van der Waals surface area contributed by atoms with Gasteiger partial charge in [-0.05, 0) is 38.3 Å². The maximum absolute atomic E-state index is 13.0. The van der Waals surface area contributed by atoms with Crippen molar-refractivity contribution in [3.8, 4) is 0 Å². The summed E-state index contributed by atoms with van der Waals surface area (Å²) in [5.74, 6) is 0.986. The summed E-state index contributed by atoms with van der Waals surface area (Å²) in [5.41, 5.74) is 4.18. The number of quaternary nitrogens is 1. The average molecular weight is 395 g/mol. The minimum atomic E-state index is -0.112. The van der Waals surface area contributed by atoms with Gasteiger partial charge in [0.1, 0.15) is 5.92 Å². The summed E-state index contributed by atoms with van der Waals surface area (Å²) in [6.45, 7) is 6.87. The first-order chi connectivity index (χ1) is 13.7. The number of fused-ring (bicyclic) bond motifs is 7. The molecule has 3 unspecified atom stereocenters. The fourth-order valence-electron chi connectivity index (χ4n) is 6.38. The Labute approximate surface area is 171 Å². The van der Waals surface area contributed by atoms with E-state index >= 15 is 0 Å². The number of hydrogen-bond acceptors (Lipinski definition) is 3. The topological polar surface area (TPSA) is 26.3 Å². The van der Waals surface area contributed by atoms with Gasteiger partial charge in [-0.25, -0.2) is 0 Å². The molecule has 0 radical (unpaired) electrons. The third kappa shape index (κ3) is 2.19. The van der Waals surface area contributed by atoms with Crippen LogP contribution in [0, 0.1) is 5.92 Å².